The van der Waals surface area contributed by atoms with Crippen molar-refractivity contribution in [3.63, 3.8) is 0 Å². The van der Waals surface area contributed by atoms with Crippen LogP contribution in [-0.2, 0) is 0 Å². The summed E-state index contributed by atoms with van der Waals surface area (Å²) in [5, 5.41) is 25.3. The Kier molecular flexibility index (Phi) is 2.93. The Morgan fingerprint density at radius 1 is 1.85 bits per heavy atom. The van der Waals surface area contributed by atoms with E-state index in [0.29, 0.717) is 13.0 Å². The number of nitrogens with one attached hydrogen (secondary N) is 1. The summed E-state index contributed by atoms with van der Waals surface area (Å²) in [6, 6.07) is 1.19. The second-order valence-electron chi connectivity index (χ2n) is 2.53. The number of H-pyrrole nitrogens is 1. The highest BCUT2D eigenvalue weighted by molar-refractivity contribution is 5.21. The fourth-order valence-electron chi connectivity index (χ4n) is 0.896. The average molecular weight is 186 g/mol. The lowest BCUT2D eigenvalue weighted by Crippen LogP contribution is -2.06. The van der Waals surface area contributed by atoms with E-state index in [-0.39, 0.29) is 11.5 Å². The molecule has 1 aromatic rings. The van der Waals surface area contributed by atoms with Crippen molar-refractivity contribution in [1.82, 2.24) is 10.2 Å². The maximum Gasteiger partial charge on any atom is 0.342 e. The van der Waals surface area contributed by atoms with Gasteiger partial charge in [-0.1, -0.05) is 5.10 Å². The van der Waals surface area contributed by atoms with Gasteiger partial charge in [-0.05, 0) is 17.9 Å². The monoisotopic (exact) mass is 186 g/mol. The predicted molar refractivity (Wildman–Crippen MR) is 43.9 cm³/mol. The fourth-order valence-corrected chi connectivity index (χ4v) is 0.896. The van der Waals surface area contributed by atoms with E-state index in [4.69, 9.17) is 5.73 Å². The first-order valence-electron chi connectivity index (χ1n) is 3.73. The van der Waals surface area contributed by atoms with E-state index < -0.39 is 11.0 Å². The fraction of sp³-hybridized carbons (Fsp3) is 0.500. The summed E-state index contributed by atoms with van der Waals surface area (Å²) in [5.74, 6) is -0.230. The minimum absolute atomic E-state index is 0.230. The topological polar surface area (TPSA) is 118 Å². The molecule has 0 aliphatic heterocycles. The van der Waals surface area contributed by atoms with Gasteiger partial charge in [0.15, 0.2) is 0 Å². The van der Waals surface area contributed by atoms with Gasteiger partial charge in [-0.2, -0.15) is 0 Å². The lowest BCUT2D eigenvalue weighted by Gasteiger charge is -2.01. The van der Waals surface area contributed by atoms with Crippen LogP contribution in [0.4, 0.5) is 5.82 Å². The summed E-state index contributed by atoms with van der Waals surface area (Å²) in [6.07, 6.45) is -0.503. The Morgan fingerprint density at radius 3 is 3.00 bits per heavy atom. The van der Waals surface area contributed by atoms with Crippen LogP contribution < -0.4 is 5.73 Å². The number of nitrogens with two attached hydrogens (primary N) is 1. The molecule has 1 atom stereocenters. The minimum atomic E-state index is -0.838. The smallest absolute Gasteiger partial charge is 0.342 e. The molecule has 1 heterocycles. The van der Waals surface area contributed by atoms with Crippen molar-refractivity contribution in [2.75, 3.05) is 6.54 Å². The molecule has 0 fully saturated rings. The lowest BCUT2D eigenvalue weighted by atomic mass is 10.2. The van der Waals surface area contributed by atoms with Gasteiger partial charge in [0.05, 0.1) is 6.07 Å². The van der Waals surface area contributed by atoms with Gasteiger partial charge in [0.2, 0.25) is 0 Å². The molecule has 4 N–H and O–H groups in total. The van der Waals surface area contributed by atoms with Gasteiger partial charge < -0.3 is 21.0 Å². The third-order valence-corrected chi connectivity index (χ3v) is 1.56. The van der Waals surface area contributed by atoms with Gasteiger partial charge in [0.1, 0.15) is 11.8 Å². The molecule has 0 aliphatic rings. The van der Waals surface area contributed by atoms with Crippen LogP contribution in [-0.4, -0.2) is 26.8 Å². The molecule has 7 heteroatoms. The van der Waals surface area contributed by atoms with E-state index in [1.807, 2.05) is 0 Å². The Hall–Kier alpha value is -1.47. The quantitative estimate of drug-likeness (QED) is 0.440. The van der Waals surface area contributed by atoms with Gasteiger partial charge in [0, 0.05) is 0 Å². The van der Waals surface area contributed by atoms with Crippen LogP contribution in [0, 0.1) is 10.1 Å². The number of aliphatic hydroxyl groups excluding tert-OH is 1. The number of rotatable bonds is 4. The standard InChI is InChI=1S/C6H10N4O3/c7-2-1-5(11)4-3-6(9-8-4)10(12)13/h3,5,11H,1-2,7H2,(H,8,9)/t5-/m0/s1. The number of aliphatic hydroxyl groups is 1. The zero-order chi connectivity index (χ0) is 9.84. The molecule has 1 rings (SSSR count). The SMILES string of the molecule is NCC[C@H](O)c1cc([N+](=O)[O-])[nH]n1. The zero-order valence-electron chi connectivity index (χ0n) is 6.80. The zero-order valence-corrected chi connectivity index (χ0v) is 6.80. The third kappa shape index (κ3) is 2.23. The molecule has 72 valence electrons. The Bertz CT molecular complexity index is 298. The van der Waals surface area contributed by atoms with Crippen LogP contribution in [0.1, 0.15) is 18.2 Å². The normalized spacial score (nSPS) is 12.8. The van der Waals surface area contributed by atoms with Crippen LogP contribution in [0.15, 0.2) is 6.07 Å². The second-order valence-corrected chi connectivity index (χ2v) is 2.53. The molecule has 0 bridgehead atoms. The largest absolute Gasteiger partial charge is 0.387 e. The first-order valence-corrected chi connectivity index (χ1v) is 3.73. The van der Waals surface area contributed by atoms with Gasteiger partial charge in [-0.15, -0.1) is 5.10 Å². The summed E-state index contributed by atoms with van der Waals surface area (Å²) in [7, 11) is 0. The summed E-state index contributed by atoms with van der Waals surface area (Å²) in [5.41, 5.74) is 5.45. The van der Waals surface area contributed by atoms with Crippen molar-refractivity contribution in [1.29, 1.82) is 0 Å². The van der Waals surface area contributed by atoms with Crippen molar-refractivity contribution >= 4 is 5.82 Å². The Labute approximate surface area is 73.7 Å². The van der Waals surface area contributed by atoms with Crippen LogP contribution in [0.5, 0.6) is 0 Å². The van der Waals surface area contributed by atoms with Gasteiger partial charge >= 0.3 is 5.82 Å². The highest BCUT2D eigenvalue weighted by Gasteiger charge is 2.15. The van der Waals surface area contributed by atoms with Crippen molar-refractivity contribution < 1.29 is 10.0 Å². The molecule has 7 nitrogen and oxygen atoms in total. The molecular weight excluding hydrogens is 176 g/mol. The van der Waals surface area contributed by atoms with Crippen LogP contribution >= 0.6 is 0 Å². The maximum atomic E-state index is 10.2. The molecule has 0 spiro atoms. The number of hydrogen-bond acceptors (Lipinski definition) is 5. The number of aromatic amines is 1. The minimum Gasteiger partial charge on any atom is -0.387 e. The molecule has 0 aliphatic carbocycles. The lowest BCUT2D eigenvalue weighted by molar-refractivity contribution is -0.389. The third-order valence-electron chi connectivity index (χ3n) is 1.56. The van der Waals surface area contributed by atoms with E-state index in [1.54, 1.807) is 0 Å². The van der Waals surface area contributed by atoms with E-state index in [0.717, 1.165) is 0 Å². The number of aromatic nitrogens is 2. The summed E-state index contributed by atoms with van der Waals surface area (Å²) in [6.45, 7) is 0.307. The van der Waals surface area contributed by atoms with Gasteiger partial charge in [-0.25, -0.2) is 0 Å². The molecule has 1 aromatic heterocycles. The van der Waals surface area contributed by atoms with E-state index in [9.17, 15) is 15.2 Å². The molecular formula is C6H10N4O3. The molecule has 0 aromatic carbocycles. The second kappa shape index (κ2) is 3.97. The predicted octanol–water partition coefficient (Wildman–Crippen LogP) is -0.300. The van der Waals surface area contributed by atoms with E-state index >= 15 is 0 Å². The summed E-state index contributed by atoms with van der Waals surface area (Å²) in [4.78, 5) is 9.62. The summed E-state index contributed by atoms with van der Waals surface area (Å²) >= 11 is 0. The molecule has 0 unspecified atom stereocenters. The van der Waals surface area contributed by atoms with Crippen molar-refractivity contribution in [2.45, 2.75) is 12.5 Å². The Morgan fingerprint density at radius 2 is 2.54 bits per heavy atom. The number of nitrogens with zero attached hydrogens (tertiary/aromatic N) is 2. The number of nitro groups is 1. The highest BCUT2D eigenvalue weighted by atomic mass is 16.6. The molecule has 13 heavy (non-hydrogen) atoms. The average Bonchev–Trinajstić information content (AvgIpc) is 2.52. The molecule has 0 saturated heterocycles. The van der Waals surface area contributed by atoms with E-state index in [2.05, 4.69) is 10.2 Å². The maximum absolute atomic E-state index is 10.2. The van der Waals surface area contributed by atoms with Crippen LogP contribution in [0.25, 0.3) is 0 Å². The highest BCUT2D eigenvalue weighted by Crippen LogP contribution is 2.17. The van der Waals surface area contributed by atoms with E-state index in [1.165, 1.54) is 6.07 Å². The van der Waals surface area contributed by atoms with Crippen molar-refractivity contribution in [3.8, 4) is 0 Å². The van der Waals surface area contributed by atoms with Crippen molar-refractivity contribution in [3.05, 3.63) is 21.9 Å². The van der Waals surface area contributed by atoms with Gasteiger partial charge in [-0.3, -0.25) is 0 Å². The first kappa shape index (κ1) is 9.62. The summed E-state index contributed by atoms with van der Waals surface area (Å²) < 4.78 is 0. The van der Waals surface area contributed by atoms with Gasteiger partial charge in [0.25, 0.3) is 0 Å². The first-order chi connectivity index (χ1) is 6.15. The van der Waals surface area contributed by atoms with Crippen LogP contribution in [0.2, 0.25) is 0 Å². The number of hydrogen-bond donors (Lipinski definition) is 3. The molecule has 0 amide bonds. The Balaban J connectivity index is 2.73. The van der Waals surface area contributed by atoms with Crippen LogP contribution in [0.3, 0.4) is 0 Å². The van der Waals surface area contributed by atoms with Crippen molar-refractivity contribution in [2.24, 2.45) is 5.73 Å². The molecule has 0 radical (unpaired) electrons. The molecule has 0 saturated carbocycles.